The summed E-state index contributed by atoms with van der Waals surface area (Å²) in [6.45, 7) is 6.84. The van der Waals surface area contributed by atoms with Crippen LogP contribution in [0.2, 0.25) is 0 Å². The molecule has 6 heteroatoms. The molecule has 0 amide bonds. The third-order valence-corrected chi connectivity index (χ3v) is 4.35. The van der Waals surface area contributed by atoms with Crippen LogP contribution in [0.5, 0.6) is 0 Å². The Hall–Kier alpha value is -0.530. The fraction of sp³-hybridized carbons (Fsp3) is 0.600. The lowest BCUT2D eigenvalue weighted by Gasteiger charge is -2.38. The number of halogens is 2. The van der Waals surface area contributed by atoms with E-state index in [2.05, 4.69) is 40.1 Å². The number of hydrogen-bond acceptors (Lipinski definition) is 4. The van der Waals surface area contributed by atoms with Crippen LogP contribution in [0.25, 0.3) is 0 Å². The van der Waals surface area contributed by atoms with Crippen molar-refractivity contribution in [3.05, 3.63) is 34.1 Å². The van der Waals surface area contributed by atoms with Crippen LogP contribution in [0.15, 0.2) is 22.7 Å². The molecule has 1 aliphatic rings. The lowest BCUT2D eigenvalue weighted by Crippen LogP contribution is -2.56. The first-order valence-corrected chi connectivity index (χ1v) is 8.05. The highest BCUT2D eigenvalue weighted by atomic mass is 79.9. The second-order valence-electron chi connectivity index (χ2n) is 5.75. The van der Waals surface area contributed by atoms with Gasteiger partial charge >= 0.3 is 0 Å². The van der Waals surface area contributed by atoms with Gasteiger partial charge in [-0.1, -0.05) is 15.9 Å². The molecule has 1 fully saturated rings. The Morgan fingerprint density at radius 2 is 2.24 bits per heavy atom. The summed E-state index contributed by atoms with van der Waals surface area (Å²) in [5.41, 5.74) is 3.73. The third kappa shape index (κ3) is 4.72. The van der Waals surface area contributed by atoms with Crippen molar-refractivity contribution in [2.24, 2.45) is 5.84 Å². The zero-order valence-corrected chi connectivity index (χ0v) is 14.1. The maximum Gasteiger partial charge on any atom is 0.124 e. The summed E-state index contributed by atoms with van der Waals surface area (Å²) in [5, 5.41) is 0. The standard InChI is InChI=1S/C15H23BrFN3O/c1-10(2)20-3-4-21-15(9-20)14(19-18)7-11-5-12(16)8-13(17)6-11/h5-6,8,10,14-15,19H,3-4,7,9,18H2,1-2H3. The van der Waals surface area contributed by atoms with Crippen LogP contribution < -0.4 is 11.3 Å². The van der Waals surface area contributed by atoms with Crippen molar-refractivity contribution in [1.82, 2.24) is 10.3 Å². The van der Waals surface area contributed by atoms with E-state index in [1.54, 1.807) is 0 Å². The molecule has 2 rings (SSSR count). The van der Waals surface area contributed by atoms with Crippen molar-refractivity contribution in [2.45, 2.75) is 38.5 Å². The average molecular weight is 360 g/mol. The summed E-state index contributed by atoms with van der Waals surface area (Å²) in [6.07, 6.45) is 0.636. The molecular formula is C15H23BrFN3O. The minimum atomic E-state index is -0.247. The molecule has 1 saturated heterocycles. The molecule has 1 aliphatic heterocycles. The normalized spacial score (nSPS) is 21.7. The molecule has 2 unspecified atom stereocenters. The maximum absolute atomic E-state index is 13.5. The zero-order chi connectivity index (χ0) is 15.4. The van der Waals surface area contributed by atoms with Crippen LogP contribution in [0.1, 0.15) is 19.4 Å². The highest BCUT2D eigenvalue weighted by Gasteiger charge is 2.28. The number of ether oxygens (including phenoxy) is 1. The summed E-state index contributed by atoms with van der Waals surface area (Å²) in [5.74, 6) is 5.45. The summed E-state index contributed by atoms with van der Waals surface area (Å²) < 4.78 is 20.1. The van der Waals surface area contributed by atoms with Crippen molar-refractivity contribution in [3.63, 3.8) is 0 Å². The van der Waals surface area contributed by atoms with Gasteiger partial charge in [0.05, 0.1) is 18.8 Å². The molecule has 3 N–H and O–H groups in total. The molecule has 118 valence electrons. The second-order valence-corrected chi connectivity index (χ2v) is 6.67. The average Bonchev–Trinajstić information content (AvgIpc) is 2.44. The molecule has 0 aliphatic carbocycles. The van der Waals surface area contributed by atoms with E-state index in [1.165, 1.54) is 12.1 Å². The molecule has 2 atom stereocenters. The van der Waals surface area contributed by atoms with E-state index in [0.717, 1.165) is 23.1 Å². The van der Waals surface area contributed by atoms with Gasteiger partial charge in [0, 0.05) is 23.6 Å². The molecule has 1 aromatic rings. The van der Waals surface area contributed by atoms with Crippen molar-refractivity contribution in [1.29, 1.82) is 0 Å². The number of benzene rings is 1. The Balaban J connectivity index is 2.05. The quantitative estimate of drug-likeness (QED) is 0.624. The minimum absolute atomic E-state index is 0.00759. The largest absolute Gasteiger partial charge is 0.374 e. The fourth-order valence-electron chi connectivity index (χ4n) is 2.69. The lowest BCUT2D eigenvalue weighted by molar-refractivity contribution is -0.0552. The SMILES string of the molecule is CC(C)N1CCOC(C(Cc2cc(F)cc(Br)c2)NN)C1. The van der Waals surface area contributed by atoms with Crippen LogP contribution >= 0.6 is 15.9 Å². The van der Waals surface area contributed by atoms with Gasteiger partial charge in [-0.15, -0.1) is 0 Å². The number of hydrogen-bond donors (Lipinski definition) is 2. The molecule has 0 bridgehead atoms. The Labute approximate surface area is 133 Å². The first kappa shape index (κ1) is 16.8. The molecule has 0 saturated carbocycles. The number of morpholine rings is 1. The van der Waals surface area contributed by atoms with E-state index in [9.17, 15) is 4.39 Å². The lowest BCUT2D eigenvalue weighted by atomic mass is 10.00. The van der Waals surface area contributed by atoms with Crippen molar-refractivity contribution >= 4 is 15.9 Å². The van der Waals surface area contributed by atoms with Gasteiger partial charge in [0.25, 0.3) is 0 Å². The molecule has 0 radical (unpaired) electrons. The smallest absolute Gasteiger partial charge is 0.124 e. The molecular weight excluding hydrogens is 337 g/mol. The topological polar surface area (TPSA) is 50.5 Å². The maximum atomic E-state index is 13.5. The van der Waals surface area contributed by atoms with Gasteiger partial charge in [-0.25, -0.2) is 4.39 Å². The van der Waals surface area contributed by atoms with E-state index in [-0.39, 0.29) is 18.0 Å². The first-order chi connectivity index (χ1) is 9.99. The summed E-state index contributed by atoms with van der Waals surface area (Å²) in [6, 6.07) is 5.35. The van der Waals surface area contributed by atoms with Gasteiger partial charge in [-0.05, 0) is 44.0 Å². The van der Waals surface area contributed by atoms with E-state index in [0.29, 0.717) is 19.1 Å². The zero-order valence-electron chi connectivity index (χ0n) is 12.5. The van der Waals surface area contributed by atoms with Gasteiger partial charge in [0.1, 0.15) is 5.82 Å². The van der Waals surface area contributed by atoms with E-state index in [1.807, 2.05) is 6.07 Å². The Bertz CT molecular complexity index is 452. The molecule has 0 spiro atoms. The Morgan fingerprint density at radius 3 is 2.86 bits per heavy atom. The molecule has 4 nitrogen and oxygen atoms in total. The predicted octanol–water partition coefficient (Wildman–Crippen LogP) is 2.07. The summed E-state index contributed by atoms with van der Waals surface area (Å²) in [7, 11) is 0. The molecule has 1 heterocycles. The van der Waals surface area contributed by atoms with Crippen LogP contribution in [-0.4, -0.2) is 42.8 Å². The van der Waals surface area contributed by atoms with E-state index < -0.39 is 0 Å². The number of rotatable bonds is 5. The first-order valence-electron chi connectivity index (χ1n) is 7.26. The second kappa shape index (κ2) is 7.65. The Morgan fingerprint density at radius 1 is 1.48 bits per heavy atom. The van der Waals surface area contributed by atoms with Gasteiger partial charge in [0.15, 0.2) is 0 Å². The number of nitrogens with zero attached hydrogens (tertiary/aromatic N) is 1. The number of hydrazine groups is 1. The third-order valence-electron chi connectivity index (χ3n) is 3.90. The van der Waals surface area contributed by atoms with E-state index >= 15 is 0 Å². The van der Waals surface area contributed by atoms with Crippen LogP contribution in [0.3, 0.4) is 0 Å². The van der Waals surface area contributed by atoms with Gasteiger partial charge in [-0.3, -0.25) is 16.2 Å². The predicted molar refractivity (Wildman–Crippen MR) is 85.4 cm³/mol. The monoisotopic (exact) mass is 359 g/mol. The molecule has 1 aromatic carbocycles. The molecule has 0 aromatic heterocycles. The van der Waals surface area contributed by atoms with Crippen LogP contribution in [0.4, 0.5) is 4.39 Å². The van der Waals surface area contributed by atoms with Gasteiger partial charge in [-0.2, -0.15) is 0 Å². The van der Waals surface area contributed by atoms with Crippen molar-refractivity contribution in [3.8, 4) is 0 Å². The Kier molecular flexibility index (Phi) is 6.13. The van der Waals surface area contributed by atoms with Crippen LogP contribution in [0, 0.1) is 5.82 Å². The summed E-state index contributed by atoms with van der Waals surface area (Å²) >= 11 is 3.32. The van der Waals surface area contributed by atoms with Gasteiger partial charge in [0.2, 0.25) is 0 Å². The van der Waals surface area contributed by atoms with Crippen molar-refractivity contribution in [2.75, 3.05) is 19.7 Å². The highest BCUT2D eigenvalue weighted by molar-refractivity contribution is 9.10. The molecule has 21 heavy (non-hydrogen) atoms. The minimum Gasteiger partial charge on any atom is -0.374 e. The van der Waals surface area contributed by atoms with E-state index in [4.69, 9.17) is 10.6 Å². The van der Waals surface area contributed by atoms with Crippen LogP contribution in [-0.2, 0) is 11.2 Å². The van der Waals surface area contributed by atoms with Gasteiger partial charge < -0.3 is 4.74 Å². The number of nitrogens with one attached hydrogen (secondary N) is 1. The van der Waals surface area contributed by atoms with Crippen molar-refractivity contribution < 1.29 is 9.13 Å². The summed E-state index contributed by atoms with van der Waals surface area (Å²) in [4.78, 5) is 2.38. The highest BCUT2D eigenvalue weighted by Crippen LogP contribution is 2.19. The fourth-order valence-corrected chi connectivity index (χ4v) is 3.20. The number of nitrogens with two attached hydrogens (primary N) is 1.